The number of benzene rings is 1. The lowest BCUT2D eigenvalue weighted by Crippen LogP contribution is -2.35. The molecule has 6 nitrogen and oxygen atoms in total. The minimum atomic E-state index is -2.62. The second-order valence-electron chi connectivity index (χ2n) is 7.29. The molecule has 1 aliphatic rings. The number of aryl methyl sites for hydroxylation is 1. The highest BCUT2D eigenvalue weighted by Crippen LogP contribution is 2.34. The number of hydrogen-bond donors (Lipinski definition) is 0. The quantitative estimate of drug-likeness (QED) is 0.745. The molecule has 2 rings (SSSR count). The standard InChI is InChI=1S/C18H27NO5S/c1-5-13-6-8-14(9-7-13)16(24-25(21)22)15-10-11-19(12-15)17(20)23-18(2,3)4/h6-9,15-16H,5,10-12H2,1-4H3,(H,21,22)/p-1. The molecule has 0 N–H and O–H groups in total. The Kier molecular flexibility index (Phi) is 6.59. The first-order valence-corrected chi connectivity index (χ1v) is 9.52. The normalized spacial score (nSPS) is 20.4. The number of amides is 1. The van der Waals surface area contributed by atoms with Gasteiger partial charge in [0.1, 0.15) is 11.7 Å². The predicted molar refractivity (Wildman–Crippen MR) is 94.5 cm³/mol. The van der Waals surface area contributed by atoms with Crippen molar-refractivity contribution in [2.75, 3.05) is 13.1 Å². The van der Waals surface area contributed by atoms with Crippen LogP contribution in [0.1, 0.15) is 51.3 Å². The summed E-state index contributed by atoms with van der Waals surface area (Å²) in [7, 11) is 0. The first kappa shape index (κ1) is 19.9. The van der Waals surface area contributed by atoms with Crippen molar-refractivity contribution in [1.29, 1.82) is 0 Å². The van der Waals surface area contributed by atoms with Gasteiger partial charge in [-0.3, -0.25) is 4.18 Å². The average Bonchev–Trinajstić information content (AvgIpc) is 3.01. The third-order valence-electron chi connectivity index (χ3n) is 4.20. The second kappa shape index (κ2) is 8.29. The van der Waals surface area contributed by atoms with Crippen LogP contribution in [0.15, 0.2) is 24.3 Å². The minimum Gasteiger partial charge on any atom is -0.750 e. The Morgan fingerprint density at radius 1 is 1.36 bits per heavy atom. The highest BCUT2D eigenvalue weighted by Gasteiger charge is 2.35. The van der Waals surface area contributed by atoms with Crippen molar-refractivity contribution in [2.45, 2.75) is 52.2 Å². The molecule has 0 radical (unpaired) electrons. The van der Waals surface area contributed by atoms with E-state index >= 15 is 0 Å². The maximum Gasteiger partial charge on any atom is 0.410 e. The SMILES string of the molecule is CCc1ccc(C(OS(=O)[O-])C2CCN(C(=O)OC(C)(C)C)C2)cc1. The van der Waals surface area contributed by atoms with Crippen LogP contribution in [0.4, 0.5) is 4.79 Å². The zero-order valence-corrected chi connectivity index (χ0v) is 16.0. The van der Waals surface area contributed by atoms with Gasteiger partial charge in [0.15, 0.2) is 0 Å². The lowest BCUT2D eigenvalue weighted by Gasteiger charge is -2.27. The van der Waals surface area contributed by atoms with Gasteiger partial charge < -0.3 is 14.2 Å². The van der Waals surface area contributed by atoms with E-state index < -0.39 is 23.1 Å². The Morgan fingerprint density at radius 3 is 2.52 bits per heavy atom. The van der Waals surface area contributed by atoms with Crippen LogP contribution in [0.3, 0.4) is 0 Å². The molecule has 1 saturated heterocycles. The molecule has 1 aromatic carbocycles. The molecule has 3 unspecified atom stereocenters. The molecule has 1 fully saturated rings. The predicted octanol–water partition coefficient (Wildman–Crippen LogP) is 3.36. The molecule has 0 aromatic heterocycles. The Morgan fingerprint density at radius 2 is 2.00 bits per heavy atom. The lowest BCUT2D eigenvalue weighted by molar-refractivity contribution is 0.0275. The van der Waals surface area contributed by atoms with Gasteiger partial charge in [0, 0.05) is 19.0 Å². The molecule has 0 aliphatic carbocycles. The molecule has 25 heavy (non-hydrogen) atoms. The Balaban J connectivity index is 2.11. The molecular weight excluding hydrogens is 342 g/mol. The van der Waals surface area contributed by atoms with E-state index in [4.69, 9.17) is 8.92 Å². The van der Waals surface area contributed by atoms with E-state index in [9.17, 15) is 13.6 Å². The van der Waals surface area contributed by atoms with Gasteiger partial charge in [0.25, 0.3) is 0 Å². The first-order chi connectivity index (χ1) is 11.7. The maximum absolute atomic E-state index is 12.2. The van der Waals surface area contributed by atoms with Crippen LogP contribution in [0.25, 0.3) is 0 Å². The van der Waals surface area contributed by atoms with Gasteiger partial charge in [-0.05, 0) is 44.7 Å². The van der Waals surface area contributed by atoms with Crippen LogP contribution in [0.2, 0.25) is 0 Å². The summed E-state index contributed by atoms with van der Waals surface area (Å²) in [6, 6.07) is 7.74. The fraction of sp³-hybridized carbons (Fsp3) is 0.611. The summed E-state index contributed by atoms with van der Waals surface area (Å²) in [5.74, 6) is -0.0992. The number of carbonyl (C=O) groups is 1. The van der Waals surface area contributed by atoms with Crippen LogP contribution in [0, 0.1) is 5.92 Å². The van der Waals surface area contributed by atoms with Gasteiger partial charge in [0.2, 0.25) is 0 Å². The fourth-order valence-electron chi connectivity index (χ4n) is 2.96. The van der Waals surface area contributed by atoms with Gasteiger partial charge in [-0.1, -0.05) is 31.2 Å². The third-order valence-corrected chi connectivity index (χ3v) is 4.57. The van der Waals surface area contributed by atoms with Gasteiger partial charge in [-0.2, -0.15) is 0 Å². The van der Waals surface area contributed by atoms with E-state index in [2.05, 4.69) is 6.92 Å². The van der Waals surface area contributed by atoms with Crippen LogP contribution in [0.5, 0.6) is 0 Å². The molecule has 0 bridgehead atoms. The summed E-state index contributed by atoms with van der Waals surface area (Å²) >= 11 is -2.62. The lowest BCUT2D eigenvalue weighted by atomic mass is 9.94. The van der Waals surface area contributed by atoms with Crippen LogP contribution >= 0.6 is 0 Å². The Bertz CT molecular complexity index is 611. The second-order valence-corrected chi connectivity index (χ2v) is 7.89. The fourth-order valence-corrected chi connectivity index (χ4v) is 3.40. The number of likely N-dealkylation sites (tertiary alicyclic amines) is 1. The first-order valence-electron chi connectivity index (χ1n) is 8.52. The molecule has 1 amide bonds. The van der Waals surface area contributed by atoms with Crippen molar-refractivity contribution >= 4 is 17.5 Å². The molecule has 140 valence electrons. The summed E-state index contributed by atoms with van der Waals surface area (Å²) in [6.45, 7) is 8.45. The van der Waals surface area contributed by atoms with Crippen molar-refractivity contribution in [3.63, 3.8) is 0 Å². The number of nitrogens with zero attached hydrogens (tertiary/aromatic N) is 1. The number of ether oxygens (including phenoxy) is 1. The van der Waals surface area contributed by atoms with Crippen molar-refractivity contribution in [3.8, 4) is 0 Å². The van der Waals surface area contributed by atoms with Gasteiger partial charge in [-0.15, -0.1) is 0 Å². The summed E-state index contributed by atoms with van der Waals surface area (Å²) in [4.78, 5) is 13.8. The van der Waals surface area contributed by atoms with E-state index in [-0.39, 0.29) is 12.0 Å². The number of hydrogen-bond acceptors (Lipinski definition) is 5. The van der Waals surface area contributed by atoms with Crippen molar-refractivity contribution in [2.24, 2.45) is 5.92 Å². The number of rotatable bonds is 5. The molecule has 0 saturated carbocycles. The summed E-state index contributed by atoms with van der Waals surface area (Å²) < 4.78 is 32.8. The maximum atomic E-state index is 12.2. The molecule has 7 heteroatoms. The van der Waals surface area contributed by atoms with Gasteiger partial charge in [-0.25, -0.2) is 9.00 Å². The zero-order valence-electron chi connectivity index (χ0n) is 15.2. The summed E-state index contributed by atoms with van der Waals surface area (Å²) in [5.41, 5.74) is 1.42. The summed E-state index contributed by atoms with van der Waals surface area (Å²) in [5, 5.41) is 0. The third kappa shape index (κ3) is 5.80. The summed E-state index contributed by atoms with van der Waals surface area (Å²) in [6.07, 6.45) is 0.598. The zero-order chi connectivity index (χ0) is 18.6. The molecule has 1 aliphatic heterocycles. The highest BCUT2D eigenvalue weighted by atomic mass is 32.2. The van der Waals surface area contributed by atoms with E-state index in [0.717, 1.165) is 12.0 Å². The van der Waals surface area contributed by atoms with Crippen molar-refractivity contribution < 1.29 is 22.5 Å². The van der Waals surface area contributed by atoms with Crippen molar-refractivity contribution in [3.05, 3.63) is 35.4 Å². The van der Waals surface area contributed by atoms with E-state index in [0.29, 0.717) is 19.5 Å². The van der Waals surface area contributed by atoms with E-state index in [1.54, 1.807) is 4.90 Å². The van der Waals surface area contributed by atoms with Crippen LogP contribution in [-0.4, -0.2) is 38.4 Å². The van der Waals surface area contributed by atoms with Crippen LogP contribution in [-0.2, 0) is 26.7 Å². The topological polar surface area (TPSA) is 78.9 Å². The van der Waals surface area contributed by atoms with Crippen LogP contribution < -0.4 is 0 Å². The van der Waals surface area contributed by atoms with Crippen molar-refractivity contribution in [1.82, 2.24) is 4.90 Å². The van der Waals surface area contributed by atoms with E-state index in [1.165, 1.54) is 5.56 Å². The monoisotopic (exact) mass is 368 g/mol. The van der Waals surface area contributed by atoms with Gasteiger partial charge in [0.05, 0.1) is 11.4 Å². The minimum absolute atomic E-state index is 0.0992. The Labute approximate surface area is 152 Å². The molecule has 1 aromatic rings. The molecule has 3 atom stereocenters. The highest BCUT2D eigenvalue weighted by molar-refractivity contribution is 7.74. The Hall–Kier alpha value is -1.44. The number of carbonyl (C=O) groups excluding carboxylic acids is 1. The van der Waals surface area contributed by atoms with Gasteiger partial charge >= 0.3 is 6.09 Å². The average molecular weight is 368 g/mol. The molecular formula is C18H26NO5S-. The largest absolute Gasteiger partial charge is 0.750 e. The van der Waals surface area contributed by atoms with E-state index in [1.807, 2.05) is 45.0 Å². The molecule has 1 heterocycles. The smallest absolute Gasteiger partial charge is 0.410 e. The molecule has 0 spiro atoms.